The minimum Gasteiger partial charge on any atom is -0.309 e. The normalized spacial score (nSPS) is 11.3. The van der Waals surface area contributed by atoms with Crippen molar-refractivity contribution >= 4 is 21.8 Å². The summed E-state index contributed by atoms with van der Waals surface area (Å²) in [7, 11) is 0. The molecule has 0 spiro atoms. The molecule has 0 bridgehead atoms. The Morgan fingerprint density at radius 1 is 0.562 bits per heavy atom. The largest absolute Gasteiger partial charge is 0.309 e. The molecule has 0 radical (unpaired) electrons. The van der Waals surface area contributed by atoms with E-state index in [9.17, 15) is 0 Å². The number of fused-ring (bicyclic) bond motifs is 3. The highest BCUT2D eigenvalue weighted by molar-refractivity contribution is 6.09. The second-order valence-corrected chi connectivity index (χ2v) is 8.08. The van der Waals surface area contributed by atoms with E-state index in [0.717, 1.165) is 28.2 Å². The molecule has 0 amide bonds. The Balaban J connectivity index is 1.51. The molecule has 0 N–H and O–H groups in total. The Morgan fingerprint density at radius 2 is 1.16 bits per heavy atom. The van der Waals surface area contributed by atoms with Crippen LogP contribution in [0.3, 0.4) is 0 Å². The van der Waals surface area contributed by atoms with Gasteiger partial charge in [0.15, 0.2) is 0 Å². The fraction of sp³-hybridized carbons (Fsp3) is 0.0345. The second kappa shape index (κ2) is 7.47. The summed E-state index contributed by atoms with van der Waals surface area (Å²) in [6, 6.07) is 36.2. The summed E-state index contributed by atoms with van der Waals surface area (Å²) >= 11 is 0. The molecule has 6 rings (SSSR count). The summed E-state index contributed by atoms with van der Waals surface area (Å²) in [6.45, 7) is 2.10. The van der Waals surface area contributed by atoms with Gasteiger partial charge in [-0.2, -0.15) is 0 Å². The van der Waals surface area contributed by atoms with E-state index < -0.39 is 0 Å². The van der Waals surface area contributed by atoms with Crippen LogP contribution in [0.4, 0.5) is 0 Å². The SMILES string of the molecule is Cc1cccc(-c2cc(-c3cccc(-n4c5ccccc5c5ccccc54)c3)ncn2)c1. The highest BCUT2D eigenvalue weighted by Crippen LogP contribution is 2.33. The van der Waals surface area contributed by atoms with Gasteiger partial charge in [0.05, 0.1) is 22.4 Å². The third-order valence-corrected chi connectivity index (χ3v) is 5.96. The molecule has 152 valence electrons. The van der Waals surface area contributed by atoms with Crippen LogP contribution in [0, 0.1) is 6.92 Å². The maximum Gasteiger partial charge on any atom is 0.116 e. The monoisotopic (exact) mass is 411 g/mol. The number of benzene rings is 4. The van der Waals surface area contributed by atoms with Crippen molar-refractivity contribution < 1.29 is 0 Å². The zero-order valence-corrected chi connectivity index (χ0v) is 17.7. The van der Waals surface area contributed by atoms with E-state index in [-0.39, 0.29) is 0 Å². The Morgan fingerprint density at radius 3 is 1.81 bits per heavy atom. The average Bonchev–Trinajstić information content (AvgIpc) is 3.19. The van der Waals surface area contributed by atoms with Crippen LogP contribution in [0.25, 0.3) is 50.0 Å². The lowest BCUT2D eigenvalue weighted by Crippen LogP contribution is -1.95. The first-order chi connectivity index (χ1) is 15.8. The Bertz CT molecular complexity index is 1540. The van der Waals surface area contributed by atoms with Gasteiger partial charge in [-0.1, -0.05) is 72.3 Å². The number of hydrogen-bond acceptors (Lipinski definition) is 2. The molecule has 0 unspecified atom stereocenters. The van der Waals surface area contributed by atoms with E-state index in [4.69, 9.17) is 0 Å². The molecule has 6 aromatic rings. The zero-order chi connectivity index (χ0) is 21.5. The topological polar surface area (TPSA) is 30.7 Å². The van der Waals surface area contributed by atoms with Crippen molar-refractivity contribution in [1.29, 1.82) is 0 Å². The molecule has 0 saturated heterocycles. The van der Waals surface area contributed by atoms with Crippen LogP contribution in [0.2, 0.25) is 0 Å². The lowest BCUT2D eigenvalue weighted by Gasteiger charge is -2.10. The van der Waals surface area contributed by atoms with Crippen LogP contribution < -0.4 is 0 Å². The third-order valence-electron chi connectivity index (χ3n) is 5.96. The number of rotatable bonds is 3. The predicted molar refractivity (Wildman–Crippen MR) is 132 cm³/mol. The minimum atomic E-state index is 0.916. The molecule has 3 nitrogen and oxygen atoms in total. The maximum atomic E-state index is 4.58. The van der Waals surface area contributed by atoms with Gasteiger partial charge in [0.2, 0.25) is 0 Å². The molecule has 0 saturated carbocycles. The summed E-state index contributed by atoms with van der Waals surface area (Å²) in [6.07, 6.45) is 1.65. The van der Waals surface area contributed by atoms with Crippen LogP contribution in [0.1, 0.15) is 5.56 Å². The van der Waals surface area contributed by atoms with Crippen molar-refractivity contribution in [2.45, 2.75) is 6.92 Å². The van der Waals surface area contributed by atoms with Crippen LogP contribution in [0.15, 0.2) is 109 Å². The van der Waals surface area contributed by atoms with E-state index in [2.05, 4.69) is 125 Å². The number of aryl methyl sites for hydroxylation is 1. The molecule has 0 aliphatic rings. The van der Waals surface area contributed by atoms with Crippen LogP contribution in [0.5, 0.6) is 0 Å². The summed E-state index contributed by atoms with van der Waals surface area (Å²) in [4.78, 5) is 9.10. The summed E-state index contributed by atoms with van der Waals surface area (Å²) in [5.74, 6) is 0. The van der Waals surface area contributed by atoms with E-state index in [1.165, 1.54) is 27.4 Å². The summed E-state index contributed by atoms with van der Waals surface area (Å²) in [5, 5.41) is 2.52. The fourth-order valence-electron chi connectivity index (χ4n) is 4.48. The predicted octanol–water partition coefficient (Wildman–Crippen LogP) is 7.22. The average molecular weight is 412 g/mol. The third kappa shape index (κ3) is 3.07. The molecule has 3 heteroatoms. The van der Waals surface area contributed by atoms with Gasteiger partial charge in [-0.05, 0) is 43.3 Å². The molecule has 0 atom stereocenters. The van der Waals surface area contributed by atoms with Crippen LogP contribution >= 0.6 is 0 Å². The van der Waals surface area contributed by atoms with Crippen molar-refractivity contribution in [1.82, 2.24) is 14.5 Å². The first-order valence-electron chi connectivity index (χ1n) is 10.8. The standard InChI is InChI=1S/C29H21N3/c1-20-8-6-9-21(16-20)26-18-27(31-19-30-26)22-10-7-11-23(17-22)32-28-14-4-2-12-24(28)25-13-3-5-15-29(25)32/h2-19H,1H3. The van der Waals surface area contributed by atoms with Crippen molar-refractivity contribution in [3.8, 4) is 28.2 Å². The Kier molecular flexibility index (Phi) is 4.32. The highest BCUT2D eigenvalue weighted by atomic mass is 15.0. The van der Waals surface area contributed by atoms with Crippen LogP contribution in [-0.4, -0.2) is 14.5 Å². The van der Waals surface area contributed by atoms with Crippen molar-refractivity contribution in [2.75, 3.05) is 0 Å². The zero-order valence-electron chi connectivity index (χ0n) is 17.7. The molecule has 0 aliphatic carbocycles. The lowest BCUT2D eigenvalue weighted by molar-refractivity contribution is 1.16. The van der Waals surface area contributed by atoms with Gasteiger partial charge in [0.1, 0.15) is 6.33 Å². The molecule has 2 aromatic heterocycles. The lowest BCUT2D eigenvalue weighted by atomic mass is 10.1. The quantitative estimate of drug-likeness (QED) is 0.308. The van der Waals surface area contributed by atoms with Gasteiger partial charge >= 0.3 is 0 Å². The van der Waals surface area contributed by atoms with Crippen molar-refractivity contribution in [2.24, 2.45) is 0 Å². The van der Waals surface area contributed by atoms with Crippen LogP contribution in [-0.2, 0) is 0 Å². The van der Waals surface area contributed by atoms with Gasteiger partial charge in [0.25, 0.3) is 0 Å². The van der Waals surface area contributed by atoms with Gasteiger partial charge in [-0.15, -0.1) is 0 Å². The first-order valence-corrected chi connectivity index (χ1v) is 10.8. The van der Waals surface area contributed by atoms with E-state index >= 15 is 0 Å². The maximum absolute atomic E-state index is 4.58. The number of hydrogen-bond donors (Lipinski definition) is 0. The van der Waals surface area contributed by atoms with Gasteiger partial charge in [0, 0.05) is 27.6 Å². The fourth-order valence-corrected chi connectivity index (χ4v) is 4.48. The molecule has 0 fully saturated rings. The first kappa shape index (κ1) is 18.5. The van der Waals surface area contributed by atoms with Gasteiger partial charge in [-0.3, -0.25) is 0 Å². The molecular formula is C29H21N3. The molecule has 2 heterocycles. The highest BCUT2D eigenvalue weighted by Gasteiger charge is 2.12. The van der Waals surface area contributed by atoms with Crippen molar-refractivity contribution in [3.05, 3.63) is 115 Å². The van der Waals surface area contributed by atoms with E-state index in [0.29, 0.717) is 0 Å². The van der Waals surface area contributed by atoms with E-state index in [1.54, 1.807) is 6.33 Å². The second-order valence-electron chi connectivity index (χ2n) is 8.08. The summed E-state index contributed by atoms with van der Waals surface area (Å²) in [5.41, 5.74) is 8.77. The van der Waals surface area contributed by atoms with Gasteiger partial charge < -0.3 is 4.57 Å². The van der Waals surface area contributed by atoms with Crippen molar-refractivity contribution in [3.63, 3.8) is 0 Å². The minimum absolute atomic E-state index is 0.916. The Labute approximate surface area is 186 Å². The number of aromatic nitrogens is 3. The number of para-hydroxylation sites is 2. The Hall–Kier alpha value is -4.24. The van der Waals surface area contributed by atoms with E-state index in [1.807, 2.05) is 0 Å². The molecule has 4 aromatic carbocycles. The molecule has 32 heavy (non-hydrogen) atoms. The van der Waals surface area contributed by atoms with Gasteiger partial charge in [-0.25, -0.2) is 9.97 Å². The number of nitrogens with zero attached hydrogens (tertiary/aromatic N) is 3. The molecular weight excluding hydrogens is 390 g/mol. The summed E-state index contributed by atoms with van der Waals surface area (Å²) < 4.78 is 2.33. The smallest absolute Gasteiger partial charge is 0.116 e. The molecule has 0 aliphatic heterocycles.